The number of nitrogens with zero attached hydrogens (tertiary/aromatic N) is 1. The van der Waals surface area contributed by atoms with Gasteiger partial charge in [0.05, 0.1) is 0 Å². The van der Waals surface area contributed by atoms with Gasteiger partial charge in [-0.25, -0.2) is 0 Å². The van der Waals surface area contributed by atoms with E-state index in [2.05, 4.69) is 11.9 Å². The first-order valence-electron chi connectivity index (χ1n) is 6.79. The molecule has 2 atom stereocenters. The molecule has 2 rings (SSSR count). The van der Waals surface area contributed by atoms with Crippen molar-refractivity contribution in [3.05, 3.63) is 30.3 Å². The molecule has 2 unspecified atom stereocenters. The van der Waals surface area contributed by atoms with E-state index in [-0.39, 0.29) is 0 Å². The normalized spacial score (nSPS) is 24.2. The third-order valence-corrected chi connectivity index (χ3v) is 4.18. The van der Waals surface area contributed by atoms with E-state index in [4.69, 9.17) is 16.3 Å². The van der Waals surface area contributed by atoms with E-state index in [9.17, 15) is 0 Å². The Bertz CT molecular complexity index is 344. The Morgan fingerprint density at radius 2 is 1.94 bits per heavy atom. The maximum Gasteiger partial charge on any atom is 0.119 e. The Kier molecular flexibility index (Phi) is 5.33. The first-order valence-corrected chi connectivity index (χ1v) is 7.23. The zero-order valence-electron chi connectivity index (χ0n) is 11.0. The second-order valence-corrected chi connectivity index (χ2v) is 5.57. The van der Waals surface area contributed by atoms with Crippen molar-refractivity contribution >= 4 is 11.6 Å². The molecule has 2 nitrogen and oxygen atoms in total. The van der Waals surface area contributed by atoms with Gasteiger partial charge >= 0.3 is 0 Å². The quantitative estimate of drug-likeness (QED) is 0.757. The van der Waals surface area contributed by atoms with Gasteiger partial charge in [0.15, 0.2) is 0 Å². The van der Waals surface area contributed by atoms with Crippen LogP contribution in [0.25, 0.3) is 0 Å². The van der Waals surface area contributed by atoms with E-state index in [0.29, 0.717) is 11.4 Å². The topological polar surface area (TPSA) is 12.5 Å². The molecule has 0 bridgehead atoms. The molecule has 18 heavy (non-hydrogen) atoms. The summed E-state index contributed by atoms with van der Waals surface area (Å²) >= 11 is 6.39. The smallest absolute Gasteiger partial charge is 0.119 e. The lowest BCUT2D eigenvalue weighted by Crippen LogP contribution is -2.42. The molecule has 0 spiro atoms. The molecule has 0 radical (unpaired) electrons. The fourth-order valence-electron chi connectivity index (χ4n) is 2.55. The van der Waals surface area contributed by atoms with Crippen LogP contribution in [0.4, 0.5) is 0 Å². The number of para-hydroxylation sites is 1. The molecule has 1 fully saturated rings. The number of hydrogen-bond donors (Lipinski definition) is 0. The fourth-order valence-corrected chi connectivity index (χ4v) is 3.03. The molecule has 0 aromatic heterocycles. The van der Waals surface area contributed by atoms with Crippen LogP contribution in [0.3, 0.4) is 0 Å². The molecule has 1 saturated carbocycles. The van der Waals surface area contributed by atoms with Gasteiger partial charge in [-0.15, -0.1) is 11.6 Å². The van der Waals surface area contributed by atoms with Crippen LogP contribution in [-0.2, 0) is 0 Å². The monoisotopic (exact) mass is 267 g/mol. The standard InChI is InChI=1S/C15H22ClNO/c1-17(15-10-6-5-9-14(15)16)11-12-18-13-7-3-2-4-8-13/h2-4,7-8,14-15H,5-6,9-12H2,1H3. The molecule has 1 aliphatic rings. The molecular weight excluding hydrogens is 246 g/mol. The van der Waals surface area contributed by atoms with E-state index < -0.39 is 0 Å². The summed E-state index contributed by atoms with van der Waals surface area (Å²) in [5.74, 6) is 0.942. The van der Waals surface area contributed by atoms with Crippen LogP contribution in [0.15, 0.2) is 30.3 Å². The van der Waals surface area contributed by atoms with Crippen LogP contribution in [-0.4, -0.2) is 36.5 Å². The Balaban J connectivity index is 1.72. The van der Waals surface area contributed by atoms with Crippen molar-refractivity contribution in [1.29, 1.82) is 0 Å². The molecule has 0 amide bonds. The third-order valence-electron chi connectivity index (χ3n) is 3.67. The average Bonchev–Trinajstić information content (AvgIpc) is 2.40. The molecule has 0 heterocycles. The number of rotatable bonds is 5. The molecule has 100 valence electrons. The summed E-state index contributed by atoms with van der Waals surface area (Å²) < 4.78 is 5.72. The van der Waals surface area contributed by atoms with Gasteiger partial charge in [-0.05, 0) is 32.0 Å². The largest absolute Gasteiger partial charge is 0.492 e. The zero-order chi connectivity index (χ0) is 12.8. The number of hydrogen-bond acceptors (Lipinski definition) is 2. The summed E-state index contributed by atoms with van der Waals surface area (Å²) in [6.45, 7) is 1.66. The van der Waals surface area contributed by atoms with E-state index in [0.717, 1.165) is 25.3 Å². The molecule has 1 aliphatic carbocycles. The number of benzene rings is 1. The maximum absolute atomic E-state index is 6.39. The number of ether oxygens (including phenoxy) is 1. The average molecular weight is 268 g/mol. The summed E-state index contributed by atoms with van der Waals surface area (Å²) in [5, 5.41) is 0.306. The van der Waals surface area contributed by atoms with Crippen molar-refractivity contribution < 1.29 is 4.74 Å². The molecule has 0 saturated heterocycles. The van der Waals surface area contributed by atoms with Gasteiger partial charge in [0.1, 0.15) is 12.4 Å². The number of likely N-dealkylation sites (N-methyl/N-ethyl adjacent to an activating group) is 1. The van der Waals surface area contributed by atoms with Gasteiger partial charge in [0.25, 0.3) is 0 Å². The molecule has 0 N–H and O–H groups in total. The van der Waals surface area contributed by atoms with Crippen molar-refractivity contribution in [3.63, 3.8) is 0 Å². The molecule has 1 aromatic carbocycles. The minimum absolute atomic E-state index is 0.306. The summed E-state index contributed by atoms with van der Waals surface area (Å²) in [6.07, 6.45) is 4.95. The Hall–Kier alpha value is -0.730. The van der Waals surface area contributed by atoms with Crippen LogP contribution in [0, 0.1) is 0 Å². The molecule has 3 heteroatoms. The second kappa shape index (κ2) is 7.01. The minimum Gasteiger partial charge on any atom is -0.492 e. The van der Waals surface area contributed by atoms with Crippen molar-refractivity contribution in [3.8, 4) is 5.75 Å². The van der Waals surface area contributed by atoms with Gasteiger partial charge in [0, 0.05) is 18.0 Å². The highest BCUT2D eigenvalue weighted by atomic mass is 35.5. The molecule has 0 aliphatic heterocycles. The number of alkyl halides is 1. The number of halogens is 1. The predicted molar refractivity (Wildman–Crippen MR) is 76.5 cm³/mol. The third kappa shape index (κ3) is 3.89. The lowest BCUT2D eigenvalue weighted by molar-refractivity contribution is 0.163. The second-order valence-electron chi connectivity index (χ2n) is 5.01. The Morgan fingerprint density at radius 3 is 2.67 bits per heavy atom. The van der Waals surface area contributed by atoms with E-state index >= 15 is 0 Å². The van der Waals surface area contributed by atoms with Gasteiger partial charge in [0.2, 0.25) is 0 Å². The van der Waals surface area contributed by atoms with Gasteiger partial charge in [-0.1, -0.05) is 31.0 Å². The summed E-state index contributed by atoms with van der Waals surface area (Å²) in [4.78, 5) is 2.35. The van der Waals surface area contributed by atoms with Crippen LogP contribution in [0.1, 0.15) is 25.7 Å². The highest BCUT2D eigenvalue weighted by Crippen LogP contribution is 2.26. The first-order chi connectivity index (χ1) is 8.77. The Morgan fingerprint density at radius 1 is 1.22 bits per heavy atom. The van der Waals surface area contributed by atoms with Gasteiger partial charge in [-0.3, -0.25) is 4.90 Å². The van der Waals surface area contributed by atoms with Crippen LogP contribution >= 0.6 is 11.6 Å². The highest BCUT2D eigenvalue weighted by molar-refractivity contribution is 6.21. The first kappa shape index (κ1) is 13.7. The van der Waals surface area contributed by atoms with Crippen LogP contribution in [0.2, 0.25) is 0 Å². The molecule has 1 aromatic rings. The summed E-state index contributed by atoms with van der Waals surface area (Å²) in [7, 11) is 2.15. The van der Waals surface area contributed by atoms with Crippen molar-refractivity contribution in [2.75, 3.05) is 20.2 Å². The van der Waals surface area contributed by atoms with Crippen LogP contribution < -0.4 is 4.74 Å². The zero-order valence-corrected chi connectivity index (χ0v) is 11.8. The maximum atomic E-state index is 6.39. The van der Waals surface area contributed by atoms with Gasteiger partial charge in [-0.2, -0.15) is 0 Å². The lowest BCUT2D eigenvalue weighted by Gasteiger charge is -2.34. The summed E-state index contributed by atoms with van der Waals surface area (Å²) in [6, 6.07) is 10.5. The van der Waals surface area contributed by atoms with Gasteiger partial charge < -0.3 is 4.74 Å². The fraction of sp³-hybridized carbons (Fsp3) is 0.600. The SMILES string of the molecule is CN(CCOc1ccccc1)C1CCCCC1Cl. The van der Waals surface area contributed by atoms with E-state index in [1.165, 1.54) is 19.3 Å². The van der Waals surface area contributed by atoms with E-state index in [1.807, 2.05) is 30.3 Å². The summed E-state index contributed by atoms with van der Waals surface area (Å²) in [5.41, 5.74) is 0. The van der Waals surface area contributed by atoms with Crippen LogP contribution in [0.5, 0.6) is 5.75 Å². The lowest BCUT2D eigenvalue weighted by atomic mass is 9.94. The van der Waals surface area contributed by atoms with E-state index in [1.54, 1.807) is 0 Å². The Labute approximate surface area is 115 Å². The van der Waals surface area contributed by atoms with Crippen molar-refractivity contribution in [2.24, 2.45) is 0 Å². The molecular formula is C15H22ClNO. The highest BCUT2D eigenvalue weighted by Gasteiger charge is 2.26. The predicted octanol–water partition coefficient (Wildman–Crippen LogP) is 3.55. The minimum atomic E-state index is 0.306. The van der Waals surface area contributed by atoms with Crippen molar-refractivity contribution in [1.82, 2.24) is 4.90 Å². The van der Waals surface area contributed by atoms with Crippen molar-refractivity contribution in [2.45, 2.75) is 37.1 Å².